The van der Waals surface area contributed by atoms with Gasteiger partial charge in [0.2, 0.25) is 0 Å². The maximum atomic E-state index is 12.0. The van der Waals surface area contributed by atoms with Crippen molar-refractivity contribution in [2.75, 3.05) is 26.7 Å². The second-order valence-electron chi connectivity index (χ2n) is 4.11. The predicted molar refractivity (Wildman–Crippen MR) is 62.5 cm³/mol. The molecule has 1 amide bonds. The number of hydrogen-bond acceptors (Lipinski definition) is 5. The van der Waals surface area contributed by atoms with Crippen LogP contribution in [0.5, 0.6) is 0 Å². The topological polar surface area (TPSA) is 58.1 Å². The normalized spacial score (nSPS) is 21.1. The first-order valence-electron chi connectivity index (χ1n) is 5.52. The quantitative estimate of drug-likeness (QED) is 0.841. The Balaban J connectivity index is 1.96. The molecule has 88 valence electrons. The highest BCUT2D eigenvalue weighted by atomic mass is 32.1. The van der Waals surface area contributed by atoms with Gasteiger partial charge in [-0.2, -0.15) is 8.75 Å². The maximum absolute atomic E-state index is 12.0. The fourth-order valence-electron chi connectivity index (χ4n) is 2.13. The van der Waals surface area contributed by atoms with Crippen LogP contribution in [0.2, 0.25) is 0 Å². The van der Waals surface area contributed by atoms with Crippen LogP contribution in [0.25, 0.3) is 0 Å². The lowest BCUT2D eigenvalue weighted by Gasteiger charge is -2.32. The Hall–Kier alpha value is -1.01. The molecule has 0 aromatic carbocycles. The van der Waals surface area contributed by atoms with E-state index >= 15 is 0 Å². The van der Waals surface area contributed by atoms with E-state index in [2.05, 4.69) is 14.1 Å². The summed E-state index contributed by atoms with van der Waals surface area (Å²) in [6.45, 7) is 2.65. The van der Waals surface area contributed by atoms with E-state index in [1.54, 1.807) is 6.20 Å². The molecule has 2 rings (SSSR count). The summed E-state index contributed by atoms with van der Waals surface area (Å²) in [5, 5.41) is 3.17. The van der Waals surface area contributed by atoms with Gasteiger partial charge in [0, 0.05) is 13.1 Å². The molecule has 1 aromatic heterocycles. The molecular weight excluding hydrogens is 224 g/mol. The van der Waals surface area contributed by atoms with E-state index < -0.39 is 0 Å². The number of aromatic nitrogens is 2. The summed E-state index contributed by atoms with van der Waals surface area (Å²) in [5.41, 5.74) is 0.482. The second kappa shape index (κ2) is 5.36. The van der Waals surface area contributed by atoms with E-state index in [0.717, 1.165) is 37.8 Å². The lowest BCUT2D eigenvalue weighted by Crippen LogP contribution is -2.42. The molecule has 1 aliphatic rings. The van der Waals surface area contributed by atoms with Gasteiger partial charge in [0.1, 0.15) is 0 Å². The highest BCUT2D eigenvalue weighted by Gasteiger charge is 2.25. The lowest BCUT2D eigenvalue weighted by atomic mass is 9.98. The van der Waals surface area contributed by atoms with Gasteiger partial charge in [-0.1, -0.05) is 0 Å². The number of rotatable bonds is 3. The Kier molecular flexibility index (Phi) is 3.84. The Morgan fingerprint density at radius 2 is 2.62 bits per heavy atom. The zero-order valence-electron chi connectivity index (χ0n) is 9.35. The molecule has 5 nitrogen and oxygen atoms in total. The molecule has 1 aliphatic heterocycles. The summed E-state index contributed by atoms with van der Waals surface area (Å²) < 4.78 is 7.85. The van der Waals surface area contributed by atoms with E-state index in [4.69, 9.17) is 0 Å². The first-order valence-corrected chi connectivity index (χ1v) is 6.25. The number of amides is 1. The second-order valence-corrected chi connectivity index (χ2v) is 4.67. The van der Waals surface area contributed by atoms with E-state index in [-0.39, 0.29) is 5.91 Å². The third-order valence-electron chi connectivity index (χ3n) is 2.88. The van der Waals surface area contributed by atoms with E-state index in [9.17, 15) is 4.79 Å². The van der Waals surface area contributed by atoms with Crippen molar-refractivity contribution in [2.45, 2.75) is 12.8 Å². The van der Waals surface area contributed by atoms with Crippen LogP contribution in [-0.2, 0) is 0 Å². The van der Waals surface area contributed by atoms with Crippen LogP contribution >= 0.6 is 11.7 Å². The highest BCUT2D eigenvalue weighted by molar-refractivity contribution is 6.99. The van der Waals surface area contributed by atoms with Crippen molar-refractivity contribution in [3.8, 4) is 0 Å². The molecular formula is C10H16N4OS. The van der Waals surface area contributed by atoms with Gasteiger partial charge in [-0.15, -0.1) is 0 Å². The first kappa shape index (κ1) is 11.5. The zero-order chi connectivity index (χ0) is 11.4. The molecule has 1 aromatic rings. The van der Waals surface area contributed by atoms with E-state index in [1.165, 1.54) is 6.42 Å². The van der Waals surface area contributed by atoms with Gasteiger partial charge < -0.3 is 10.2 Å². The van der Waals surface area contributed by atoms with Crippen LogP contribution in [0.1, 0.15) is 23.3 Å². The molecule has 1 fully saturated rings. The predicted octanol–water partition coefficient (Wildman–Crippen LogP) is 0.610. The van der Waals surface area contributed by atoms with Gasteiger partial charge in [0.25, 0.3) is 5.91 Å². The minimum atomic E-state index is 0.0227. The number of hydrogen-bond donors (Lipinski definition) is 1. The molecule has 1 N–H and O–H groups in total. The average molecular weight is 240 g/mol. The van der Waals surface area contributed by atoms with Crippen molar-refractivity contribution in [2.24, 2.45) is 5.92 Å². The maximum Gasteiger partial charge on any atom is 0.275 e. The molecule has 0 spiro atoms. The number of piperidine rings is 1. The Bertz CT molecular complexity index is 339. The van der Waals surface area contributed by atoms with Crippen LogP contribution < -0.4 is 5.32 Å². The summed E-state index contributed by atoms with van der Waals surface area (Å²) >= 11 is 1.08. The van der Waals surface area contributed by atoms with Gasteiger partial charge >= 0.3 is 0 Å². The molecule has 6 heteroatoms. The SMILES string of the molecule is CNCC1CCCN(C(=O)c2cnsn2)C1. The number of likely N-dealkylation sites (tertiary alicyclic amines) is 1. The summed E-state index contributed by atoms with van der Waals surface area (Å²) in [5.74, 6) is 0.587. The summed E-state index contributed by atoms with van der Waals surface area (Å²) in [7, 11) is 1.95. The lowest BCUT2D eigenvalue weighted by molar-refractivity contribution is 0.0669. The largest absolute Gasteiger partial charge is 0.337 e. The van der Waals surface area contributed by atoms with Crippen molar-refractivity contribution in [3.63, 3.8) is 0 Å². The molecule has 1 unspecified atom stereocenters. The number of nitrogens with one attached hydrogen (secondary N) is 1. The molecule has 0 radical (unpaired) electrons. The monoisotopic (exact) mass is 240 g/mol. The van der Waals surface area contributed by atoms with Crippen LogP contribution in [0, 0.1) is 5.92 Å². The zero-order valence-corrected chi connectivity index (χ0v) is 10.2. The van der Waals surface area contributed by atoms with Crippen molar-refractivity contribution in [3.05, 3.63) is 11.9 Å². The van der Waals surface area contributed by atoms with E-state index in [0.29, 0.717) is 11.6 Å². The third kappa shape index (κ3) is 2.56. The third-order valence-corrected chi connectivity index (χ3v) is 3.36. The van der Waals surface area contributed by atoms with Crippen molar-refractivity contribution in [1.29, 1.82) is 0 Å². The molecule has 2 heterocycles. The van der Waals surface area contributed by atoms with Crippen molar-refractivity contribution >= 4 is 17.6 Å². The number of carbonyl (C=O) groups excluding carboxylic acids is 1. The smallest absolute Gasteiger partial charge is 0.275 e. The Labute approximate surface area is 99.2 Å². The first-order chi connectivity index (χ1) is 7.81. The number of nitrogens with zero attached hydrogens (tertiary/aromatic N) is 3. The van der Waals surface area contributed by atoms with Crippen LogP contribution in [0.3, 0.4) is 0 Å². The molecule has 0 aliphatic carbocycles. The standard InChI is InChI=1S/C10H16N4OS/c1-11-5-8-3-2-4-14(7-8)10(15)9-6-12-16-13-9/h6,8,11H,2-5,7H2,1H3. The van der Waals surface area contributed by atoms with Crippen molar-refractivity contribution < 1.29 is 4.79 Å². The Morgan fingerprint density at radius 1 is 1.75 bits per heavy atom. The fourth-order valence-corrected chi connectivity index (χ4v) is 2.53. The summed E-state index contributed by atoms with van der Waals surface area (Å²) in [6, 6.07) is 0. The van der Waals surface area contributed by atoms with Crippen LogP contribution in [0.15, 0.2) is 6.20 Å². The van der Waals surface area contributed by atoms with Gasteiger partial charge in [0.15, 0.2) is 5.69 Å². The molecule has 1 atom stereocenters. The van der Waals surface area contributed by atoms with Gasteiger partial charge in [-0.25, -0.2) is 0 Å². The average Bonchev–Trinajstić information content (AvgIpc) is 2.82. The van der Waals surface area contributed by atoms with E-state index in [1.807, 2.05) is 11.9 Å². The van der Waals surface area contributed by atoms with Gasteiger partial charge in [-0.3, -0.25) is 4.79 Å². The Morgan fingerprint density at radius 3 is 3.31 bits per heavy atom. The highest BCUT2D eigenvalue weighted by Crippen LogP contribution is 2.17. The number of carbonyl (C=O) groups is 1. The summed E-state index contributed by atoms with van der Waals surface area (Å²) in [6.07, 6.45) is 3.82. The molecule has 0 saturated carbocycles. The van der Waals surface area contributed by atoms with Crippen LogP contribution in [-0.4, -0.2) is 46.2 Å². The summed E-state index contributed by atoms with van der Waals surface area (Å²) in [4.78, 5) is 13.9. The minimum absolute atomic E-state index is 0.0227. The van der Waals surface area contributed by atoms with Crippen LogP contribution in [0.4, 0.5) is 0 Å². The minimum Gasteiger partial charge on any atom is -0.337 e. The molecule has 16 heavy (non-hydrogen) atoms. The van der Waals surface area contributed by atoms with Gasteiger partial charge in [0.05, 0.1) is 17.9 Å². The molecule has 0 bridgehead atoms. The van der Waals surface area contributed by atoms with Crippen molar-refractivity contribution in [1.82, 2.24) is 19.0 Å². The van der Waals surface area contributed by atoms with Gasteiger partial charge in [-0.05, 0) is 32.4 Å². The molecule has 1 saturated heterocycles. The fraction of sp³-hybridized carbons (Fsp3) is 0.700.